The van der Waals surface area contributed by atoms with Gasteiger partial charge in [-0.25, -0.2) is 4.79 Å². The molecule has 0 saturated heterocycles. The molecule has 0 bridgehead atoms. The Balaban J connectivity index is 2.36. The molecule has 1 aliphatic heterocycles. The van der Waals surface area contributed by atoms with Gasteiger partial charge in [-0.3, -0.25) is 4.79 Å². The van der Waals surface area contributed by atoms with Crippen molar-refractivity contribution in [2.75, 3.05) is 0 Å². The summed E-state index contributed by atoms with van der Waals surface area (Å²) in [6.07, 6.45) is 6.22. The average Bonchev–Trinajstić information content (AvgIpc) is 2.53. The number of carbonyl (C=O) groups excluding carboxylic acids is 2. The molecule has 15 heavy (non-hydrogen) atoms. The fourth-order valence-corrected chi connectivity index (χ4v) is 1.74. The Labute approximate surface area is 85.0 Å². The summed E-state index contributed by atoms with van der Waals surface area (Å²) in [4.78, 5) is 22.1. The van der Waals surface area contributed by atoms with Crippen molar-refractivity contribution in [2.24, 2.45) is 0 Å². The monoisotopic (exact) mass is 198 g/mol. The second-order valence-corrected chi connectivity index (χ2v) is 3.46. The third-order valence-electron chi connectivity index (χ3n) is 2.42. The predicted molar refractivity (Wildman–Crippen MR) is 54.3 cm³/mol. The molecule has 1 aliphatic carbocycles. The number of fused-ring (bicyclic) bond motifs is 2. The van der Waals surface area contributed by atoms with Crippen molar-refractivity contribution in [3.63, 3.8) is 0 Å². The summed E-state index contributed by atoms with van der Waals surface area (Å²) in [6, 6.07) is 3.56. The van der Waals surface area contributed by atoms with Gasteiger partial charge in [0.05, 0.1) is 0 Å². The predicted octanol–water partition coefficient (Wildman–Crippen LogP) is -0.238. The first kappa shape index (κ1) is 8.17. The van der Waals surface area contributed by atoms with Gasteiger partial charge in [-0.05, 0) is 35.1 Å². The third kappa shape index (κ3) is 1.21. The zero-order valence-electron chi connectivity index (χ0n) is 7.69. The maximum absolute atomic E-state index is 11.1. The highest BCUT2D eigenvalue weighted by atomic mass is 16.5. The molecular formula is C12H6O3. The van der Waals surface area contributed by atoms with E-state index in [1.165, 1.54) is 18.2 Å². The highest BCUT2D eigenvalue weighted by molar-refractivity contribution is 6.17. The van der Waals surface area contributed by atoms with E-state index in [4.69, 9.17) is 4.74 Å². The van der Waals surface area contributed by atoms with Crippen LogP contribution in [0.25, 0.3) is 18.2 Å². The van der Waals surface area contributed by atoms with E-state index >= 15 is 0 Å². The van der Waals surface area contributed by atoms with Crippen LogP contribution in [0.3, 0.4) is 0 Å². The quantitative estimate of drug-likeness (QED) is 0.427. The van der Waals surface area contributed by atoms with E-state index in [-0.39, 0.29) is 11.8 Å². The Hall–Kier alpha value is -2.16. The SMILES string of the molecule is O=C1C=Cc2cc3c(cc2=C1)OC(=O)C=3. The fraction of sp³-hybridized carbons (Fsp3) is 0. The topological polar surface area (TPSA) is 43.4 Å². The fourth-order valence-electron chi connectivity index (χ4n) is 1.74. The van der Waals surface area contributed by atoms with Crippen molar-refractivity contribution >= 4 is 30.0 Å². The molecule has 1 heterocycles. The lowest BCUT2D eigenvalue weighted by Gasteiger charge is -2.02. The van der Waals surface area contributed by atoms with Crippen LogP contribution in [0.4, 0.5) is 0 Å². The van der Waals surface area contributed by atoms with E-state index < -0.39 is 0 Å². The molecular weight excluding hydrogens is 192 g/mol. The number of allylic oxidation sites excluding steroid dienone is 1. The molecule has 3 nitrogen and oxygen atoms in total. The van der Waals surface area contributed by atoms with Crippen molar-refractivity contribution in [3.05, 3.63) is 34.2 Å². The molecule has 3 rings (SSSR count). The number of hydrogen-bond acceptors (Lipinski definition) is 3. The van der Waals surface area contributed by atoms with Gasteiger partial charge in [0.1, 0.15) is 5.75 Å². The smallest absolute Gasteiger partial charge is 0.336 e. The lowest BCUT2D eigenvalue weighted by Crippen LogP contribution is -2.16. The first-order chi connectivity index (χ1) is 7.22. The number of esters is 1. The summed E-state index contributed by atoms with van der Waals surface area (Å²) in [7, 11) is 0. The molecule has 0 fully saturated rings. The Bertz CT molecular complexity index is 636. The largest absolute Gasteiger partial charge is 0.423 e. The second kappa shape index (κ2) is 2.67. The Morgan fingerprint density at radius 2 is 1.80 bits per heavy atom. The standard InChI is InChI=1S/C12H6O3/c13-10-2-1-7-3-9-6-12(14)15-11(9)5-8(7)4-10/h1-6H. The Kier molecular flexibility index (Phi) is 1.45. The summed E-state index contributed by atoms with van der Waals surface area (Å²) >= 11 is 0. The van der Waals surface area contributed by atoms with Crippen LogP contribution in [0, 0.1) is 0 Å². The van der Waals surface area contributed by atoms with Gasteiger partial charge >= 0.3 is 5.97 Å². The molecule has 72 valence electrons. The number of ketones is 1. The van der Waals surface area contributed by atoms with Gasteiger partial charge in [-0.2, -0.15) is 0 Å². The summed E-state index contributed by atoms with van der Waals surface area (Å²) in [5.41, 5.74) is 0.933. The molecule has 1 aromatic carbocycles. The Morgan fingerprint density at radius 1 is 0.933 bits per heavy atom. The van der Waals surface area contributed by atoms with E-state index in [0.29, 0.717) is 5.75 Å². The maximum atomic E-state index is 11.1. The summed E-state index contributed by atoms with van der Waals surface area (Å²) in [6.45, 7) is 0. The average molecular weight is 198 g/mol. The van der Waals surface area contributed by atoms with E-state index in [1.54, 1.807) is 12.1 Å². The highest BCUT2D eigenvalue weighted by Gasteiger charge is 2.13. The Morgan fingerprint density at radius 3 is 2.67 bits per heavy atom. The van der Waals surface area contributed by atoms with E-state index in [0.717, 1.165) is 16.0 Å². The molecule has 0 saturated carbocycles. The van der Waals surface area contributed by atoms with Crippen molar-refractivity contribution < 1.29 is 14.3 Å². The van der Waals surface area contributed by atoms with Crippen LogP contribution in [0.15, 0.2) is 18.2 Å². The summed E-state index contributed by atoms with van der Waals surface area (Å²) in [5, 5.41) is 1.57. The lowest BCUT2D eigenvalue weighted by molar-refractivity contribution is -0.126. The molecule has 0 aromatic heterocycles. The first-order valence-electron chi connectivity index (χ1n) is 4.54. The van der Waals surface area contributed by atoms with Crippen LogP contribution in [0.2, 0.25) is 0 Å². The number of benzene rings is 1. The minimum Gasteiger partial charge on any atom is -0.423 e. The maximum Gasteiger partial charge on any atom is 0.336 e. The van der Waals surface area contributed by atoms with Crippen molar-refractivity contribution in [2.45, 2.75) is 0 Å². The van der Waals surface area contributed by atoms with Crippen LogP contribution in [0.5, 0.6) is 5.75 Å². The van der Waals surface area contributed by atoms with Gasteiger partial charge in [-0.1, -0.05) is 6.08 Å². The summed E-state index contributed by atoms with van der Waals surface area (Å²) < 4.78 is 4.96. The minimum atomic E-state index is -0.359. The van der Waals surface area contributed by atoms with Gasteiger partial charge in [0.25, 0.3) is 0 Å². The second-order valence-electron chi connectivity index (χ2n) is 3.46. The zero-order valence-corrected chi connectivity index (χ0v) is 7.69. The van der Waals surface area contributed by atoms with Gasteiger partial charge in [0.15, 0.2) is 5.78 Å². The normalized spacial score (nSPS) is 16.3. The van der Waals surface area contributed by atoms with E-state index in [1.807, 2.05) is 6.07 Å². The molecule has 0 unspecified atom stereocenters. The molecule has 1 aromatic rings. The van der Waals surface area contributed by atoms with Crippen molar-refractivity contribution in [1.29, 1.82) is 0 Å². The number of ether oxygens (including phenoxy) is 1. The zero-order chi connectivity index (χ0) is 10.4. The van der Waals surface area contributed by atoms with Gasteiger partial charge in [-0.15, -0.1) is 0 Å². The number of carbonyl (C=O) groups is 2. The summed E-state index contributed by atoms with van der Waals surface area (Å²) in [5.74, 6) is 0.122. The highest BCUT2D eigenvalue weighted by Crippen LogP contribution is 2.10. The van der Waals surface area contributed by atoms with Crippen LogP contribution < -0.4 is 15.2 Å². The number of rotatable bonds is 0. The van der Waals surface area contributed by atoms with E-state index in [2.05, 4.69) is 0 Å². The van der Waals surface area contributed by atoms with Crippen LogP contribution >= 0.6 is 0 Å². The van der Waals surface area contributed by atoms with Crippen molar-refractivity contribution in [1.82, 2.24) is 0 Å². The minimum absolute atomic E-state index is 0.0456. The van der Waals surface area contributed by atoms with Gasteiger partial charge < -0.3 is 4.74 Å². The van der Waals surface area contributed by atoms with Gasteiger partial charge in [0.2, 0.25) is 0 Å². The van der Waals surface area contributed by atoms with Crippen LogP contribution in [-0.2, 0) is 9.59 Å². The molecule has 2 aliphatic rings. The molecule has 0 N–H and O–H groups in total. The van der Waals surface area contributed by atoms with Crippen LogP contribution in [-0.4, -0.2) is 11.8 Å². The number of hydrogen-bond donors (Lipinski definition) is 0. The molecule has 0 atom stereocenters. The third-order valence-corrected chi connectivity index (χ3v) is 2.42. The molecule has 0 radical (unpaired) electrons. The molecule has 0 amide bonds. The molecule has 0 spiro atoms. The van der Waals surface area contributed by atoms with Crippen molar-refractivity contribution in [3.8, 4) is 5.75 Å². The molecule has 3 heteroatoms. The lowest BCUT2D eigenvalue weighted by atomic mass is 10.0. The van der Waals surface area contributed by atoms with Gasteiger partial charge in [0, 0.05) is 11.3 Å². The van der Waals surface area contributed by atoms with E-state index in [9.17, 15) is 9.59 Å². The first-order valence-corrected chi connectivity index (χ1v) is 4.54. The van der Waals surface area contributed by atoms with Crippen LogP contribution in [0.1, 0.15) is 5.56 Å².